The lowest BCUT2D eigenvalue weighted by Crippen LogP contribution is -2.07. The third kappa shape index (κ3) is 13.2. The number of hydrogen-bond donors (Lipinski definition) is 0. The summed E-state index contributed by atoms with van der Waals surface area (Å²) in [5.74, 6) is -0.237. The first kappa shape index (κ1) is 17.6. The zero-order valence-electron chi connectivity index (χ0n) is 10.4. The molecule has 0 atom stereocenters. The molecule has 2 nitrogen and oxygen atoms in total. The normalized spacial score (nSPS) is 8.69. The molecule has 0 heterocycles. The zero-order chi connectivity index (χ0) is 12.8. The third-order valence-corrected chi connectivity index (χ3v) is 1.95. The minimum atomic E-state index is -0.237. The van der Waals surface area contributed by atoms with Gasteiger partial charge in [0.25, 0.3) is 0 Å². The van der Waals surface area contributed by atoms with Crippen molar-refractivity contribution in [2.24, 2.45) is 0 Å². The van der Waals surface area contributed by atoms with Crippen molar-refractivity contribution in [3.05, 3.63) is 24.3 Å². The number of hydrogen-bond acceptors (Lipinski definition) is 2. The number of rotatable bonds is 7. The van der Waals surface area contributed by atoms with Gasteiger partial charge in [-0.05, 0) is 18.4 Å². The second-order valence-electron chi connectivity index (χ2n) is 3.31. The van der Waals surface area contributed by atoms with E-state index in [-0.39, 0.29) is 5.97 Å². The van der Waals surface area contributed by atoms with Gasteiger partial charge >= 0.3 is 5.97 Å². The van der Waals surface area contributed by atoms with Crippen molar-refractivity contribution in [2.75, 3.05) is 6.61 Å². The molecule has 0 saturated heterocycles. The van der Waals surface area contributed by atoms with Crippen LogP contribution in [0, 0.1) is 0 Å². The summed E-state index contributed by atoms with van der Waals surface area (Å²) in [5, 5.41) is 0. The molecular formula is C13H23ClO2. The summed E-state index contributed by atoms with van der Waals surface area (Å²) in [7, 11) is 0. The topological polar surface area (TPSA) is 26.3 Å². The smallest absolute Gasteiger partial charge is 0.333 e. The Bertz CT molecular complexity index is 200. The summed E-state index contributed by atoms with van der Waals surface area (Å²) >= 11 is 4.76. The van der Waals surface area contributed by atoms with Crippen molar-refractivity contribution in [2.45, 2.75) is 46.0 Å². The standard InChI is InChI=1S/C11H20O2.C2H3Cl/c1-4-6-7-8-9-13-11(12)10(3)5-2;1-2-3/h3-9H2,1-2H3;2H,1H2. The Labute approximate surface area is 104 Å². The van der Waals surface area contributed by atoms with Crippen molar-refractivity contribution in [1.29, 1.82) is 0 Å². The molecule has 0 amide bonds. The average molecular weight is 247 g/mol. The molecule has 16 heavy (non-hydrogen) atoms. The fourth-order valence-electron chi connectivity index (χ4n) is 0.940. The second-order valence-corrected chi connectivity index (χ2v) is 3.62. The molecule has 0 radical (unpaired) electrons. The fraction of sp³-hybridized carbons (Fsp3) is 0.615. The molecule has 0 unspecified atom stereocenters. The van der Waals surface area contributed by atoms with Crippen LogP contribution in [0.5, 0.6) is 0 Å². The molecule has 94 valence electrons. The Balaban J connectivity index is 0. The maximum Gasteiger partial charge on any atom is 0.333 e. The van der Waals surface area contributed by atoms with E-state index in [9.17, 15) is 4.79 Å². The number of carbonyl (C=O) groups excluding carboxylic acids is 1. The highest BCUT2D eigenvalue weighted by Crippen LogP contribution is 2.03. The largest absolute Gasteiger partial charge is 0.462 e. The Kier molecular flexibility index (Phi) is 15.7. The van der Waals surface area contributed by atoms with Gasteiger partial charge in [-0.25, -0.2) is 4.79 Å². The molecule has 0 aliphatic heterocycles. The summed E-state index contributed by atoms with van der Waals surface area (Å²) in [4.78, 5) is 11.1. The Morgan fingerprint density at radius 3 is 2.31 bits per heavy atom. The van der Waals surface area contributed by atoms with Crippen LogP contribution in [-0.4, -0.2) is 12.6 Å². The van der Waals surface area contributed by atoms with E-state index in [1.54, 1.807) is 0 Å². The maximum atomic E-state index is 11.1. The molecule has 0 N–H and O–H groups in total. The number of esters is 1. The second kappa shape index (κ2) is 14.2. The van der Waals surface area contributed by atoms with Gasteiger partial charge in [0, 0.05) is 5.57 Å². The highest BCUT2D eigenvalue weighted by molar-refractivity contribution is 6.25. The van der Waals surface area contributed by atoms with Gasteiger partial charge in [0.2, 0.25) is 0 Å². The molecule has 0 aromatic carbocycles. The number of unbranched alkanes of at least 4 members (excludes halogenated alkanes) is 3. The van der Waals surface area contributed by atoms with Crippen LogP contribution in [-0.2, 0) is 9.53 Å². The van der Waals surface area contributed by atoms with Gasteiger partial charge in [-0.2, -0.15) is 0 Å². The number of halogens is 1. The van der Waals surface area contributed by atoms with Crippen LogP contribution >= 0.6 is 11.6 Å². The van der Waals surface area contributed by atoms with Crippen molar-refractivity contribution < 1.29 is 9.53 Å². The van der Waals surface area contributed by atoms with Gasteiger partial charge in [0.1, 0.15) is 0 Å². The molecule has 0 aliphatic carbocycles. The first-order chi connectivity index (χ1) is 7.63. The third-order valence-electron chi connectivity index (χ3n) is 1.95. The van der Waals surface area contributed by atoms with E-state index >= 15 is 0 Å². The minimum Gasteiger partial charge on any atom is -0.462 e. The van der Waals surface area contributed by atoms with Crippen LogP contribution in [0.25, 0.3) is 0 Å². The Morgan fingerprint density at radius 2 is 1.88 bits per heavy atom. The van der Waals surface area contributed by atoms with Gasteiger partial charge in [-0.1, -0.05) is 57.9 Å². The summed E-state index contributed by atoms with van der Waals surface area (Å²) in [6.07, 6.45) is 5.20. The lowest BCUT2D eigenvalue weighted by atomic mass is 10.2. The summed E-state index contributed by atoms with van der Waals surface area (Å²) in [5.41, 5.74) is 1.79. The maximum absolute atomic E-state index is 11.1. The molecule has 0 rings (SSSR count). The lowest BCUT2D eigenvalue weighted by Gasteiger charge is -2.04. The first-order valence-corrected chi connectivity index (χ1v) is 6.13. The minimum absolute atomic E-state index is 0.237. The van der Waals surface area contributed by atoms with Crippen molar-refractivity contribution in [1.82, 2.24) is 0 Å². The molecule has 3 heteroatoms. The Morgan fingerprint density at radius 1 is 1.31 bits per heavy atom. The fourth-order valence-corrected chi connectivity index (χ4v) is 0.940. The zero-order valence-corrected chi connectivity index (χ0v) is 11.2. The summed E-state index contributed by atoms with van der Waals surface area (Å²) in [6, 6.07) is 0. The highest BCUT2D eigenvalue weighted by atomic mass is 35.5. The van der Waals surface area contributed by atoms with Gasteiger partial charge in [0.05, 0.1) is 6.61 Å². The first-order valence-electron chi connectivity index (χ1n) is 5.69. The highest BCUT2D eigenvalue weighted by Gasteiger charge is 2.04. The van der Waals surface area contributed by atoms with E-state index < -0.39 is 0 Å². The van der Waals surface area contributed by atoms with Gasteiger partial charge in [-0.15, -0.1) is 0 Å². The summed E-state index contributed by atoms with van der Waals surface area (Å²) < 4.78 is 5.00. The monoisotopic (exact) mass is 246 g/mol. The van der Waals surface area contributed by atoms with E-state index in [4.69, 9.17) is 16.3 Å². The van der Waals surface area contributed by atoms with E-state index in [0.717, 1.165) is 12.8 Å². The van der Waals surface area contributed by atoms with Gasteiger partial charge < -0.3 is 4.74 Å². The van der Waals surface area contributed by atoms with Crippen molar-refractivity contribution >= 4 is 17.6 Å². The molecule has 0 saturated carbocycles. The van der Waals surface area contributed by atoms with Crippen molar-refractivity contribution in [3.63, 3.8) is 0 Å². The molecule has 0 bridgehead atoms. The molecular weight excluding hydrogens is 224 g/mol. The van der Waals surface area contributed by atoms with Crippen LogP contribution in [0.15, 0.2) is 24.3 Å². The molecule has 0 spiro atoms. The van der Waals surface area contributed by atoms with Gasteiger partial charge in [0.15, 0.2) is 0 Å². The van der Waals surface area contributed by atoms with E-state index in [1.165, 1.54) is 18.4 Å². The number of carbonyl (C=O) groups is 1. The SMILES string of the molecule is C=C(CC)C(=O)OCCCCCC.C=CCl. The molecule has 0 aromatic heterocycles. The van der Waals surface area contributed by atoms with Gasteiger partial charge in [-0.3, -0.25) is 0 Å². The summed E-state index contributed by atoms with van der Waals surface area (Å²) in [6.45, 7) is 11.3. The van der Waals surface area contributed by atoms with E-state index in [2.05, 4.69) is 20.1 Å². The quantitative estimate of drug-likeness (QED) is 0.377. The predicted molar refractivity (Wildman–Crippen MR) is 70.6 cm³/mol. The lowest BCUT2D eigenvalue weighted by molar-refractivity contribution is -0.139. The van der Waals surface area contributed by atoms with Crippen LogP contribution in [0.1, 0.15) is 46.0 Å². The molecule has 0 aliphatic rings. The van der Waals surface area contributed by atoms with E-state index in [1.807, 2.05) is 6.92 Å². The van der Waals surface area contributed by atoms with Crippen LogP contribution in [0.3, 0.4) is 0 Å². The van der Waals surface area contributed by atoms with Crippen LogP contribution < -0.4 is 0 Å². The Hall–Kier alpha value is -0.760. The number of ether oxygens (including phenoxy) is 1. The molecule has 0 aromatic rings. The van der Waals surface area contributed by atoms with E-state index in [0.29, 0.717) is 18.6 Å². The molecule has 0 fully saturated rings. The van der Waals surface area contributed by atoms with Crippen LogP contribution in [0.2, 0.25) is 0 Å². The predicted octanol–water partition coefficient (Wildman–Crippen LogP) is 4.44. The average Bonchev–Trinajstić information content (AvgIpc) is 2.28. The van der Waals surface area contributed by atoms with Crippen molar-refractivity contribution in [3.8, 4) is 0 Å². The van der Waals surface area contributed by atoms with Crippen LogP contribution in [0.4, 0.5) is 0 Å².